The summed E-state index contributed by atoms with van der Waals surface area (Å²) in [6.07, 6.45) is 0.377. The van der Waals surface area contributed by atoms with E-state index in [0.29, 0.717) is 6.29 Å². The fourth-order valence-electron chi connectivity index (χ4n) is 1.66. The monoisotopic (exact) mass is 262 g/mol. The zero-order valence-electron chi connectivity index (χ0n) is 11.1. The first-order valence-corrected chi connectivity index (χ1v) is 6.01. The van der Waals surface area contributed by atoms with Gasteiger partial charge in [-0.05, 0) is 19.5 Å². The van der Waals surface area contributed by atoms with Crippen LogP contribution in [0.4, 0.5) is 0 Å². The van der Waals surface area contributed by atoms with Gasteiger partial charge in [-0.1, -0.05) is 30.3 Å². The van der Waals surface area contributed by atoms with E-state index in [4.69, 9.17) is 10.1 Å². The van der Waals surface area contributed by atoms with E-state index in [1.165, 1.54) is 0 Å². The standard InChI is InChI=1S/C14H18N2O3/c1-10(16-2)13(12(15)8-17)14(18)19-9-11-6-4-3-5-7-11/h3-8,10,13,15-16H,9H2,1-2H3. The van der Waals surface area contributed by atoms with Crippen molar-refractivity contribution < 1.29 is 14.3 Å². The highest BCUT2D eigenvalue weighted by atomic mass is 16.5. The van der Waals surface area contributed by atoms with Gasteiger partial charge < -0.3 is 15.5 Å². The maximum atomic E-state index is 12.0. The summed E-state index contributed by atoms with van der Waals surface area (Å²) in [6.45, 7) is 1.87. The molecular weight excluding hydrogens is 244 g/mol. The molecule has 1 aromatic rings. The Morgan fingerprint density at radius 2 is 2.05 bits per heavy atom. The molecule has 2 unspecified atom stereocenters. The smallest absolute Gasteiger partial charge is 0.317 e. The summed E-state index contributed by atoms with van der Waals surface area (Å²) >= 11 is 0. The molecule has 2 atom stereocenters. The van der Waals surface area contributed by atoms with E-state index in [2.05, 4.69) is 5.32 Å². The van der Waals surface area contributed by atoms with Gasteiger partial charge in [0.1, 0.15) is 12.5 Å². The third-order valence-corrected chi connectivity index (χ3v) is 2.90. The van der Waals surface area contributed by atoms with Crippen LogP contribution in [0.15, 0.2) is 30.3 Å². The minimum atomic E-state index is -0.883. The first-order valence-electron chi connectivity index (χ1n) is 6.01. The molecule has 0 aromatic heterocycles. The fraction of sp³-hybridized carbons (Fsp3) is 0.357. The predicted octanol–water partition coefficient (Wildman–Crippen LogP) is 1.17. The van der Waals surface area contributed by atoms with Crippen molar-refractivity contribution in [3.63, 3.8) is 0 Å². The molecule has 2 N–H and O–H groups in total. The number of aldehydes is 1. The molecule has 0 amide bonds. The molecule has 5 nitrogen and oxygen atoms in total. The first-order chi connectivity index (χ1) is 9.10. The number of ether oxygens (including phenoxy) is 1. The number of esters is 1. The lowest BCUT2D eigenvalue weighted by atomic mass is 9.96. The van der Waals surface area contributed by atoms with E-state index in [9.17, 15) is 9.59 Å². The lowest BCUT2D eigenvalue weighted by Crippen LogP contribution is -2.41. The second-order valence-electron chi connectivity index (χ2n) is 4.22. The van der Waals surface area contributed by atoms with E-state index in [0.717, 1.165) is 5.56 Å². The van der Waals surface area contributed by atoms with Crippen LogP contribution in [-0.2, 0) is 20.9 Å². The predicted molar refractivity (Wildman–Crippen MR) is 72.0 cm³/mol. The van der Waals surface area contributed by atoms with Crippen molar-refractivity contribution in [1.29, 1.82) is 5.41 Å². The average Bonchev–Trinajstić information content (AvgIpc) is 2.45. The normalized spacial score (nSPS) is 13.4. The van der Waals surface area contributed by atoms with E-state index in [1.807, 2.05) is 30.3 Å². The highest BCUT2D eigenvalue weighted by molar-refractivity contribution is 6.32. The molecule has 0 fully saturated rings. The van der Waals surface area contributed by atoms with Gasteiger partial charge in [0.05, 0.1) is 5.71 Å². The van der Waals surface area contributed by atoms with Crippen LogP contribution >= 0.6 is 0 Å². The molecule has 0 saturated heterocycles. The van der Waals surface area contributed by atoms with Gasteiger partial charge in [-0.25, -0.2) is 0 Å². The van der Waals surface area contributed by atoms with E-state index < -0.39 is 11.9 Å². The van der Waals surface area contributed by atoms with Gasteiger partial charge in [-0.2, -0.15) is 0 Å². The minimum absolute atomic E-state index is 0.138. The summed E-state index contributed by atoms with van der Waals surface area (Å²) < 4.78 is 5.16. The van der Waals surface area contributed by atoms with E-state index >= 15 is 0 Å². The number of nitrogens with one attached hydrogen (secondary N) is 2. The van der Waals surface area contributed by atoms with Crippen LogP contribution in [0.3, 0.4) is 0 Å². The number of benzene rings is 1. The lowest BCUT2D eigenvalue weighted by Gasteiger charge is -2.20. The largest absolute Gasteiger partial charge is 0.460 e. The maximum absolute atomic E-state index is 12.0. The summed E-state index contributed by atoms with van der Waals surface area (Å²) in [6, 6.07) is 8.93. The Balaban J connectivity index is 2.67. The maximum Gasteiger partial charge on any atom is 0.317 e. The Bertz CT molecular complexity index is 445. The van der Waals surface area contributed by atoms with Gasteiger partial charge in [-0.3, -0.25) is 9.59 Å². The second-order valence-corrected chi connectivity index (χ2v) is 4.22. The average molecular weight is 262 g/mol. The molecule has 0 heterocycles. The van der Waals surface area contributed by atoms with Crippen LogP contribution in [0.2, 0.25) is 0 Å². The number of hydrogen-bond donors (Lipinski definition) is 2. The molecule has 0 aliphatic heterocycles. The Kier molecular flexibility index (Phi) is 5.89. The van der Waals surface area contributed by atoms with Gasteiger partial charge in [-0.15, -0.1) is 0 Å². The molecule has 0 spiro atoms. The highest BCUT2D eigenvalue weighted by Crippen LogP contribution is 2.10. The lowest BCUT2D eigenvalue weighted by molar-refractivity contribution is -0.148. The number of carbonyl (C=O) groups is 2. The SMILES string of the molecule is CNC(C)C(C(=N)C=O)C(=O)OCc1ccccc1. The first kappa shape index (κ1) is 15.0. The Hall–Kier alpha value is -2.01. The molecule has 0 aliphatic rings. The summed E-state index contributed by atoms with van der Waals surface area (Å²) in [5, 5.41) is 10.4. The number of carbonyl (C=O) groups excluding carboxylic acids is 2. The van der Waals surface area contributed by atoms with Crippen molar-refractivity contribution in [2.45, 2.75) is 19.6 Å². The van der Waals surface area contributed by atoms with Crippen molar-refractivity contribution in [3.8, 4) is 0 Å². The Morgan fingerprint density at radius 3 is 2.58 bits per heavy atom. The third kappa shape index (κ3) is 4.30. The molecule has 1 aromatic carbocycles. The molecule has 1 rings (SSSR count). The summed E-state index contributed by atoms with van der Waals surface area (Å²) in [5.41, 5.74) is 0.587. The number of rotatable bonds is 7. The minimum Gasteiger partial charge on any atom is -0.460 e. The quantitative estimate of drug-likeness (QED) is 0.439. The van der Waals surface area contributed by atoms with Crippen LogP contribution in [0.25, 0.3) is 0 Å². The van der Waals surface area contributed by atoms with Gasteiger partial charge in [0.2, 0.25) is 0 Å². The van der Waals surface area contributed by atoms with E-state index in [-0.39, 0.29) is 18.4 Å². The molecule has 0 aliphatic carbocycles. The Labute approximate surface area is 112 Å². The van der Waals surface area contributed by atoms with Crippen molar-refractivity contribution in [3.05, 3.63) is 35.9 Å². The topological polar surface area (TPSA) is 79.3 Å². The van der Waals surface area contributed by atoms with Crippen LogP contribution in [0, 0.1) is 11.3 Å². The van der Waals surface area contributed by atoms with Crippen LogP contribution in [-0.4, -0.2) is 31.1 Å². The second kappa shape index (κ2) is 7.43. The van der Waals surface area contributed by atoms with Crippen molar-refractivity contribution in [1.82, 2.24) is 5.32 Å². The van der Waals surface area contributed by atoms with Crippen LogP contribution in [0.5, 0.6) is 0 Å². The zero-order chi connectivity index (χ0) is 14.3. The van der Waals surface area contributed by atoms with Crippen molar-refractivity contribution in [2.75, 3.05) is 7.05 Å². The summed E-state index contributed by atoms with van der Waals surface area (Å²) in [5.74, 6) is -1.45. The van der Waals surface area contributed by atoms with Crippen molar-refractivity contribution >= 4 is 18.0 Å². The molecule has 102 valence electrons. The van der Waals surface area contributed by atoms with Gasteiger partial charge >= 0.3 is 5.97 Å². The van der Waals surface area contributed by atoms with Crippen LogP contribution in [0.1, 0.15) is 12.5 Å². The Morgan fingerprint density at radius 1 is 1.42 bits per heavy atom. The highest BCUT2D eigenvalue weighted by Gasteiger charge is 2.29. The summed E-state index contributed by atoms with van der Waals surface area (Å²) in [7, 11) is 1.67. The summed E-state index contributed by atoms with van der Waals surface area (Å²) in [4.78, 5) is 22.6. The fourth-order valence-corrected chi connectivity index (χ4v) is 1.66. The molecule has 0 bridgehead atoms. The van der Waals surface area contributed by atoms with Crippen molar-refractivity contribution in [2.24, 2.45) is 5.92 Å². The zero-order valence-corrected chi connectivity index (χ0v) is 11.1. The molecule has 19 heavy (non-hydrogen) atoms. The van der Waals surface area contributed by atoms with Gasteiger partial charge in [0.25, 0.3) is 0 Å². The van der Waals surface area contributed by atoms with E-state index in [1.54, 1.807) is 14.0 Å². The van der Waals surface area contributed by atoms with Crippen LogP contribution < -0.4 is 5.32 Å². The third-order valence-electron chi connectivity index (χ3n) is 2.90. The molecule has 0 radical (unpaired) electrons. The van der Waals surface area contributed by atoms with Gasteiger partial charge in [0.15, 0.2) is 6.29 Å². The molecule has 5 heteroatoms. The number of hydrogen-bond acceptors (Lipinski definition) is 5. The van der Waals surface area contributed by atoms with Gasteiger partial charge in [0, 0.05) is 6.04 Å². The molecule has 0 saturated carbocycles. The molecular formula is C14H18N2O3.